The number of hydrogen-bond acceptors (Lipinski definition) is 3. The Hall–Kier alpha value is -0.610. The lowest BCUT2D eigenvalue weighted by Gasteiger charge is -2.25. The Labute approximate surface area is 104 Å². The van der Waals surface area contributed by atoms with Crippen molar-refractivity contribution < 1.29 is 4.79 Å². The smallest absolute Gasteiger partial charge is 0.263 e. The van der Waals surface area contributed by atoms with Crippen LogP contribution in [0.5, 0.6) is 0 Å². The van der Waals surface area contributed by atoms with Gasteiger partial charge < -0.3 is 5.32 Å². The Bertz CT molecular complexity index is 372. The predicted octanol–water partition coefficient (Wildman–Crippen LogP) is 2.73. The number of halogens is 1. The number of aromatic nitrogens is 1. The number of hydrogen-bond donors (Lipinski definition) is 1. The first kappa shape index (κ1) is 11.9. The number of thiazole rings is 1. The summed E-state index contributed by atoms with van der Waals surface area (Å²) >= 11 is 7.42. The third kappa shape index (κ3) is 2.74. The van der Waals surface area contributed by atoms with E-state index in [-0.39, 0.29) is 11.9 Å². The van der Waals surface area contributed by atoms with Gasteiger partial charge in [0, 0.05) is 11.4 Å². The molecule has 0 bridgehead atoms. The molecule has 0 radical (unpaired) electrons. The van der Waals surface area contributed by atoms with Gasteiger partial charge >= 0.3 is 0 Å². The van der Waals surface area contributed by atoms with Gasteiger partial charge in [0.05, 0.1) is 11.2 Å². The second kappa shape index (κ2) is 5.15. The summed E-state index contributed by atoms with van der Waals surface area (Å²) in [5, 5.41) is 3.35. The van der Waals surface area contributed by atoms with Crippen molar-refractivity contribution in [1.82, 2.24) is 10.3 Å². The minimum atomic E-state index is 0.0121. The van der Waals surface area contributed by atoms with E-state index in [1.807, 2.05) is 6.92 Å². The van der Waals surface area contributed by atoms with Crippen molar-refractivity contribution in [1.29, 1.82) is 0 Å². The molecule has 1 aromatic rings. The zero-order chi connectivity index (χ0) is 11.5. The number of nitrogens with zero attached hydrogens (tertiary/aromatic N) is 1. The van der Waals surface area contributed by atoms with Gasteiger partial charge in [-0.1, -0.05) is 0 Å². The first-order valence-electron chi connectivity index (χ1n) is 5.52. The molecule has 1 amide bonds. The Kier molecular flexibility index (Phi) is 3.82. The van der Waals surface area contributed by atoms with Crippen LogP contribution in [0.25, 0.3) is 0 Å². The zero-order valence-electron chi connectivity index (χ0n) is 9.20. The number of carbonyl (C=O) groups is 1. The van der Waals surface area contributed by atoms with Crippen molar-refractivity contribution in [2.75, 3.05) is 0 Å². The standard InChI is InChI=1S/C11H15ClN2OS/c1-7-10(16-6-13-7)11(15)14-9-4-2-8(12)3-5-9/h6,8-9H,2-5H2,1H3,(H,14,15). The fourth-order valence-electron chi connectivity index (χ4n) is 1.97. The van der Waals surface area contributed by atoms with E-state index in [1.165, 1.54) is 11.3 Å². The minimum absolute atomic E-state index is 0.0121. The molecule has 2 rings (SSSR count). The molecule has 0 spiro atoms. The molecular formula is C11H15ClN2OS. The summed E-state index contributed by atoms with van der Waals surface area (Å²) in [6, 6.07) is 0.281. The summed E-state index contributed by atoms with van der Waals surface area (Å²) in [5.74, 6) is 0.0121. The van der Waals surface area contributed by atoms with Crippen LogP contribution in [0.3, 0.4) is 0 Å². The number of alkyl halides is 1. The maximum atomic E-state index is 11.9. The van der Waals surface area contributed by atoms with Crippen molar-refractivity contribution in [2.45, 2.75) is 44.0 Å². The molecule has 1 aliphatic carbocycles. The molecule has 0 aromatic carbocycles. The highest BCUT2D eigenvalue weighted by Gasteiger charge is 2.22. The molecule has 1 fully saturated rings. The number of nitrogens with one attached hydrogen (secondary N) is 1. The van der Waals surface area contributed by atoms with Gasteiger partial charge in [-0.25, -0.2) is 4.98 Å². The van der Waals surface area contributed by atoms with Gasteiger partial charge in [-0.15, -0.1) is 22.9 Å². The molecule has 1 aromatic heterocycles. The fraction of sp³-hybridized carbons (Fsp3) is 0.636. The molecule has 88 valence electrons. The monoisotopic (exact) mass is 258 g/mol. The van der Waals surface area contributed by atoms with Crippen LogP contribution in [0.15, 0.2) is 5.51 Å². The molecule has 0 unspecified atom stereocenters. The van der Waals surface area contributed by atoms with Crippen molar-refractivity contribution in [3.8, 4) is 0 Å². The highest BCUT2D eigenvalue weighted by atomic mass is 35.5. The van der Waals surface area contributed by atoms with Crippen molar-refractivity contribution >= 4 is 28.8 Å². The van der Waals surface area contributed by atoms with Crippen molar-refractivity contribution in [2.24, 2.45) is 0 Å². The van der Waals surface area contributed by atoms with Gasteiger partial charge in [0.15, 0.2) is 0 Å². The SMILES string of the molecule is Cc1ncsc1C(=O)NC1CCC(Cl)CC1. The van der Waals surface area contributed by atoms with Gasteiger partial charge in [-0.3, -0.25) is 4.79 Å². The third-order valence-electron chi connectivity index (χ3n) is 2.94. The van der Waals surface area contributed by atoms with Crippen molar-refractivity contribution in [3.63, 3.8) is 0 Å². The van der Waals surface area contributed by atoms with Crippen LogP contribution in [-0.2, 0) is 0 Å². The Morgan fingerprint density at radius 1 is 1.50 bits per heavy atom. The number of carbonyl (C=O) groups excluding carboxylic acids is 1. The molecule has 0 aliphatic heterocycles. The average molecular weight is 259 g/mol. The second-order valence-electron chi connectivity index (χ2n) is 4.19. The van der Waals surface area contributed by atoms with E-state index in [1.54, 1.807) is 5.51 Å². The predicted molar refractivity (Wildman–Crippen MR) is 66.2 cm³/mol. The molecule has 5 heteroatoms. The van der Waals surface area contributed by atoms with Gasteiger partial charge in [-0.2, -0.15) is 0 Å². The van der Waals surface area contributed by atoms with Crippen LogP contribution in [-0.4, -0.2) is 22.3 Å². The Morgan fingerprint density at radius 2 is 2.19 bits per heavy atom. The lowest BCUT2D eigenvalue weighted by Crippen LogP contribution is -2.37. The molecule has 1 heterocycles. The summed E-state index contributed by atoms with van der Waals surface area (Å²) < 4.78 is 0. The normalized spacial score (nSPS) is 25.4. The molecule has 3 nitrogen and oxygen atoms in total. The lowest BCUT2D eigenvalue weighted by molar-refractivity contribution is 0.0931. The first-order chi connectivity index (χ1) is 7.66. The highest BCUT2D eigenvalue weighted by molar-refractivity contribution is 7.11. The van der Waals surface area contributed by atoms with Crippen LogP contribution >= 0.6 is 22.9 Å². The van der Waals surface area contributed by atoms with E-state index in [4.69, 9.17) is 11.6 Å². The van der Waals surface area contributed by atoms with Crippen LogP contribution in [0.2, 0.25) is 0 Å². The van der Waals surface area contributed by atoms with E-state index in [0.717, 1.165) is 36.3 Å². The summed E-state index contributed by atoms with van der Waals surface area (Å²) in [6.07, 6.45) is 3.96. The molecule has 0 saturated heterocycles. The third-order valence-corrected chi connectivity index (χ3v) is 4.31. The minimum Gasteiger partial charge on any atom is -0.349 e. The van der Waals surface area contributed by atoms with Crippen molar-refractivity contribution in [3.05, 3.63) is 16.1 Å². The van der Waals surface area contributed by atoms with E-state index in [2.05, 4.69) is 10.3 Å². The zero-order valence-corrected chi connectivity index (χ0v) is 10.8. The molecular weight excluding hydrogens is 244 g/mol. The lowest BCUT2D eigenvalue weighted by atomic mass is 9.95. The van der Waals surface area contributed by atoms with Gasteiger partial charge in [0.1, 0.15) is 4.88 Å². The maximum Gasteiger partial charge on any atom is 0.263 e. The molecule has 1 saturated carbocycles. The highest BCUT2D eigenvalue weighted by Crippen LogP contribution is 2.23. The topological polar surface area (TPSA) is 42.0 Å². The van der Waals surface area contributed by atoms with E-state index >= 15 is 0 Å². The summed E-state index contributed by atoms with van der Waals surface area (Å²) in [6.45, 7) is 1.86. The molecule has 0 atom stereocenters. The van der Waals surface area contributed by atoms with Crippen LogP contribution in [0.4, 0.5) is 0 Å². The Morgan fingerprint density at radius 3 is 2.75 bits per heavy atom. The molecule has 1 N–H and O–H groups in total. The number of rotatable bonds is 2. The largest absolute Gasteiger partial charge is 0.349 e. The molecule has 1 aliphatic rings. The maximum absolute atomic E-state index is 11.9. The number of amides is 1. The second-order valence-corrected chi connectivity index (χ2v) is 5.66. The summed E-state index contributed by atoms with van der Waals surface area (Å²) in [5.41, 5.74) is 2.52. The number of aryl methyl sites for hydroxylation is 1. The molecule has 16 heavy (non-hydrogen) atoms. The van der Waals surface area contributed by atoms with E-state index in [9.17, 15) is 4.79 Å². The first-order valence-corrected chi connectivity index (χ1v) is 6.83. The Balaban J connectivity index is 1.91. The van der Waals surface area contributed by atoms with E-state index < -0.39 is 0 Å². The van der Waals surface area contributed by atoms with Gasteiger partial charge in [-0.05, 0) is 32.6 Å². The van der Waals surface area contributed by atoms with Gasteiger partial charge in [0.25, 0.3) is 5.91 Å². The fourth-order valence-corrected chi connectivity index (χ4v) is 2.93. The van der Waals surface area contributed by atoms with Crippen LogP contribution in [0.1, 0.15) is 41.0 Å². The van der Waals surface area contributed by atoms with Crippen LogP contribution < -0.4 is 5.32 Å². The summed E-state index contributed by atoms with van der Waals surface area (Å²) in [7, 11) is 0. The van der Waals surface area contributed by atoms with Gasteiger partial charge in [0.2, 0.25) is 0 Å². The quantitative estimate of drug-likeness (QED) is 0.829. The van der Waals surface area contributed by atoms with Crippen LogP contribution in [0, 0.1) is 6.92 Å². The average Bonchev–Trinajstić information content (AvgIpc) is 2.68. The van der Waals surface area contributed by atoms with E-state index in [0.29, 0.717) is 5.38 Å². The summed E-state index contributed by atoms with van der Waals surface area (Å²) in [4.78, 5) is 16.7.